The highest BCUT2D eigenvalue weighted by Gasteiger charge is 2.15. The fraction of sp³-hybridized carbons (Fsp3) is 0.294. The van der Waals surface area contributed by atoms with Gasteiger partial charge in [-0.05, 0) is 24.5 Å². The van der Waals surface area contributed by atoms with Crippen LogP contribution in [-0.2, 0) is 4.74 Å². The number of rotatable bonds is 4. The van der Waals surface area contributed by atoms with Crippen LogP contribution in [0.4, 0.5) is 11.6 Å². The molecule has 2 N–H and O–H groups in total. The van der Waals surface area contributed by atoms with Crippen molar-refractivity contribution in [2.45, 2.75) is 4.90 Å². The monoisotopic (exact) mass is 354 g/mol. The van der Waals surface area contributed by atoms with E-state index in [9.17, 15) is 5.26 Å². The van der Waals surface area contributed by atoms with Gasteiger partial charge in [-0.15, -0.1) is 11.8 Å². The van der Waals surface area contributed by atoms with E-state index in [0.717, 1.165) is 48.9 Å². The van der Waals surface area contributed by atoms with Gasteiger partial charge in [-0.1, -0.05) is 0 Å². The molecule has 3 heterocycles. The molecule has 2 aromatic rings. The van der Waals surface area contributed by atoms with E-state index in [1.165, 1.54) is 11.8 Å². The van der Waals surface area contributed by atoms with Crippen LogP contribution in [0.25, 0.3) is 11.3 Å². The zero-order valence-electron chi connectivity index (χ0n) is 13.8. The minimum atomic E-state index is 0.323. The molecule has 0 spiro atoms. The summed E-state index contributed by atoms with van der Waals surface area (Å²) in [6.45, 7) is 3.12. The zero-order valence-corrected chi connectivity index (χ0v) is 14.7. The molecule has 0 amide bonds. The van der Waals surface area contributed by atoms with Crippen molar-refractivity contribution in [2.24, 2.45) is 10.7 Å². The highest BCUT2D eigenvalue weighted by Crippen LogP contribution is 2.32. The van der Waals surface area contributed by atoms with Crippen LogP contribution in [0.5, 0.6) is 0 Å². The highest BCUT2D eigenvalue weighted by molar-refractivity contribution is 7.98. The summed E-state index contributed by atoms with van der Waals surface area (Å²) in [5.41, 5.74) is 7.40. The number of hydrogen-bond donors (Lipinski definition) is 1. The Morgan fingerprint density at radius 3 is 2.80 bits per heavy atom. The van der Waals surface area contributed by atoms with Gasteiger partial charge < -0.3 is 15.4 Å². The van der Waals surface area contributed by atoms with Gasteiger partial charge in [0.05, 0.1) is 25.2 Å². The van der Waals surface area contributed by atoms with Crippen molar-refractivity contribution in [3.63, 3.8) is 0 Å². The smallest absolute Gasteiger partial charge is 0.173 e. The molecule has 8 heteroatoms. The molecule has 0 unspecified atom stereocenters. The Hall–Kier alpha value is -2.63. The number of morpholine rings is 1. The summed E-state index contributed by atoms with van der Waals surface area (Å²) in [7, 11) is 0. The third kappa shape index (κ3) is 3.73. The SMILES string of the molecule is CSc1cc(-c2ccc(N3CCOCC3)nc2)nc(/N=C/N)c1C#N. The molecule has 25 heavy (non-hydrogen) atoms. The molecule has 1 aliphatic heterocycles. The number of hydrogen-bond acceptors (Lipinski definition) is 7. The van der Waals surface area contributed by atoms with Gasteiger partial charge in [0.25, 0.3) is 0 Å². The molecule has 0 atom stereocenters. The van der Waals surface area contributed by atoms with Crippen LogP contribution in [-0.4, -0.2) is 48.9 Å². The molecular weight excluding hydrogens is 336 g/mol. The number of pyridine rings is 2. The molecule has 0 aromatic carbocycles. The molecular formula is C17H18N6OS. The second-order valence-electron chi connectivity index (χ2n) is 5.30. The largest absolute Gasteiger partial charge is 0.390 e. The van der Waals surface area contributed by atoms with Gasteiger partial charge in [0, 0.05) is 29.7 Å². The van der Waals surface area contributed by atoms with E-state index in [-0.39, 0.29) is 0 Å². The van der Waals surface area contributed by atoms with E-state index in [1.807, 2.05) is 24.5 Å². The molecule has 128 valence electrons. The van der Waals surface area contributed by atoms with Crippen LogP contribution in [0.1, 0.15) is 5.56 Å². The predicted octanol–water partition coefficient (Wildman–Crippen LogP) is 2.19. The standard InChI is InChI=1S/C17H18N6OS/c1-25-15-8-14(22-17(21-11-19)13(15)9-18)12-2-3-16(20-10-12)23-4-6-24-7-5-23/h2-3,8,10-11H,4-7H2,1H3,(H2,19,21,22). The van der Waals surface area contributed by atoms with E-state index in [1.54, 1.807) is 6.20 Å². The Labute approximate surface area is 150 Å². The molecule has 0 radical (unpaired) electrons. The zero-order chi connectivity index (χ0) is 17.6. The third-order valence-electron chi connectivity index (χ3n) is 3.87. The van der Waals surface area contributed by atoms with Gasteiger partial charge in [0.1, 0.15) is 17.5 Å². The van der Waals surface area contributed by atoms with Crippen LogP contribution in [0.2, 0.25) is 0 Å². The first-order valence-electron chi connectivity index (χ1n) is 7.79. The van der Waals surface area contributed by atoms with Gasteiger partial charge in [-0.3, -0.25) is 0 Å². The van der Waals surface area contributed by atoms with Gasteiger partial charge in [0.15, 0.2) is 5.82 Å². The van der Waals surface area contributed by atoms with Crippen molar-refractivity contribution in [1.82, 2.24) is 9.97 Å². The number of aliphatic imine (C=N–C) groups is 1. The Balaban J connectivity index is 1.95. The maximum atomic E-state index is 9.35. The number of anilines is 1. The molecule has 7 nitrogen and oxygen atoms in total. The molecule has 2 aromatic heterocycles. The van der Waals surface area contributed by atoms with Crippen LogP contribution in [0, 0.1) is 11.3 Å². The van der Waals surface area contributed by atoms with Crippen molar-refractivity contribution in [2.75, 3.05) is 37.5 Å². The number of nitriles is 1. The topological polar surface area (TPSA) is 100 Å². The lowest BCUT2D eigenvalue weighted by Crippen LogP contribution is -2.36. The lowest BCUT2D eigenvalue weighted by molar-refractivity contribution is 0.122. The van der Waals surface area contributed by atoms with Gasteiger partial charge >= 0.3 is 0 Å². The van der Waals surface area contributed by atoms with Crippen LogP contribution < -0.4 is 10.6 Å². The summed E-state index contributed by atoms with van der Waals surface area (Å²) in [5, 5.41) is 9.35. The van der Waals surface area contributed by atoms with E-state index in [0.29, 0.717) is 17.1 Å². The quantitative estimate of drug-likeness (QED) is 0.510. The van der Waals surface area contributed by atoms with Gasteiger partial charge in [-0.2, -0.15) is 5.26 Å². The molecule has 1 fully saturated rings. The second kappa shape index (κ2) is 7.96. The summed E-state index contributed by atoms with van der Waals surface area (Å²) in [6.07, 6.45) is 4.85. The average Bonchev–Trinajstić information content (AvgIpc) is 2.68. The lowest BCUT2D eigenvalue weighted by Gasteiger charge is -2.27. The fourth-order valence-corrected chi connectivity index (χ4v) is 3.17. The van der Waals surface area contributed by atoms with E-state index in [4.69, 9.17) is 10.5 Å². The van der Waals surface area contributed by atoms with E-state index < -0.39 is 0 Å². The van der Waals surface area contributed by atoms with Crippen molar-refractivity contribution in [3.05, 3.63) is 30.0 Å². The number of thioether (sulfide) groups is 1. The molecule has 0 aliphatic carbocycles. The minimum absolute atomic E-state index is 0.323. The van der Waals surface area contributed by atoms with Crippen molar-refractivity contribution < 1.29 is 4.74 Å². The Morgan fingerprint density at radius 1 is 1.40 bits per heavy atom. The number of nitrogens with two attached hydrogens (primary N) is 1. The molecule has 1 saturated heterocycles. The molecule has 0 bridgehead atoms. The maximum Gasteiger partial charge on any atom is 0.173 e. The molecule has 3 rings (SSSR count). The van der Waals surface area contributed by atoms with E-state index in [2.05, 4.69) is 25.9 Å². The number of ether oxygens (including phenoxy) is 1. The normalized spacial score (nSPS) is 14.6. The Bertz CT molecular complexity index is 809. The lowest BCUT2D eigenvalue weighted by atomic mass is 10.1. The average molecular weight is 354 g/mol. The third-order valence-corrected chi connectivity index (χ3v) is 4.63. The Morgan fingerprint density at radius 2 is 2.20 bits per heavy atom. The first kappa shape index (κ1) is 17.2. The number of nitrogens with zero attached hydrogens (tertiary/aromatic N) is 5. The number of aromatic nitrogens is 2. The summed E-state index contributed by atoms with van der Waals surface area (Å²) in [4.78, 5) is 16.0. The molecule has 1 aliphatic rings. The highest BCUT2D eigenvalue weighted by atomic mass is 32.2. The van der Waals surface area contributed by atoms with Crippen LogP contribution >= 0.6 is 11.8 Å². The van der Waals surface area contributed by atoms with Crippen molar-refractivity contribution in [1.29, 1.82) is 5.26 Å². The first-order valence-corrected chi connectivity index (χ1v) is 9.02. The van der Waals surface area contributed by atoms with Crippen molar-refractivity contribution >= 4 is 29.7 Å². The maximum absolute atomic E-state index is 9.35. The summed E-state index contributed by atoms with van der Waals surface area (Å²) < 4.78 is 5.37. The predicted molar refractivity (Wildman–Crippen MR) is 99.3 cm³/mol. The van der Waals surface area contributed by atoms with Gasteiger partial charge in [-0.25, -0.2) is 15.0 Å². The minimum Gasteiger partial charge on any atom is -0.390 e. The van der Waals surface area contributed by atoms with E-state index >= 15 is 0 Å². The van der Waals surface area contributed by atoms with Gasteiger partial charge in [0.2, 0.25) is 0 Å². The summed E-state index contributed by atoms with van der Waals surface area (Å²) in [6, 6.07) is 7.98. The van der Waals surface area contributed by atoms with Crippen LogP contribution in [0.15, 0.2) is 34.3 Å². The summed E-state index contributed by atoms with van der Waals surface area (Å²) >= 11 is 1.47. The van der Waals surface area contributed by atoms with Crippen molar-refractivity contribution in [3.8, 4) is 17.3 Å². The Kier molecular flexibility index (Phi) is 5.48. The fourth-order valence-electron chi connectivity index (χ4n) is 2.60. The summed E-state index contributed by atoms with van der Waals surface area (Å²) in [5.74, 6) is 1.25. The van der Waals surface area contributed by atoms with Crippen LogP contribution in [0.3, 0.4) is 0 Å². The first-order chi connectivity index (χ1) is 12.3. The molecule has 0 saturated carbocycles. The second-order valence-corrected chi connectivity index (χ2v) is 6.15.